The number of carbonyl (C=O) groups is 2. The first-order valence-corrected chi connectivity index (χ1v) is 7.41. The van der Waals surface area contributed by atoms with Crippen molar-refractivity contribution in [2.45, 2.75) is 51.8 Å². The lowest BCUT2D eigenvalue weighted by Crippen LogP contribution is -2.42. The summed E-state index contributed by atoms with van der Waals surface area (Å²) in [4.78, 5) is 33.0. The first-order valence-electron chi connectivity index (χ1n) is 7.41. The molecule has 1 amide bonds. The second kappa shape index (κ2) is 8.39. The Morgan fingerprint density at radius 2 is 2.17 bits per heavy atom. The lowest BCUT2D eigenvalue weighted by molar-refractivity contribution is -0.385. The average molecular weight is 342 g/mol. The normalized spacial score (nSPS) is 12.6. The minimum absolute atomic E-state index is 0.0389. The molecule has 0 aliphatic carbocycles. The summed E-state index contributed by atoms with van der Waals surface area (Å²) in [5.74, 6) is -1.62. The van der Waals surface area contributed by atoms with Gasteiger partial charge in [0.15, 0.2) is 0 Å². The van der Waals surface area contributed by atoms with Crippen LogP contribution in [0.3, 0.4) is 0 Å². The van der Waals surface area contributed by atoms with Gasteiger partial charge in [-0.3, -0.25) is 19.6 Å². The number of aliphatic carboxylic acids is 1. The Balaban J connectivity index is 2.44. The Hall–Kier alpha value is -2.49. The highest BCUT2D eigenvalue weighted by Gasteiger charge is 2.21. The van der Waals surface area contributed by atoms with Crippen LogP contribution in [0.1, 0.15) is 33.6 Å². The van der Waals surface area contributed by atoms with Gasteiger partial charge in [0.1, 0.15) is 18.4 Å². The smallest absolute Gasteiger partial charge is 0.326 e. The van der Waals surface area contributed by atoms with Crippen molar-refractivity contribution < 1.29 is 24.4 Å². The summed E-state index contributed by atoms with van der Waals surface area (Å²) in [6.07, 6.45) is 2.40. The third-order valence-corrected chi connectivity index (χ3v) is 2.97. The van der Waals surface area contributed by atoms with Crippen LogP contribution in [0.5, 0.6) is 0 Å². The largest absolute Gasteiger partial charge is 0.480 e. The molecule has 2 N–H and O–H groups in total. The Labute approximate surface area is 138 Å². The third-order valence-electron chi connectivity index (χ3n) is 2.97. The van der Waals surface area contributed by atoms with Crippen molar-refractivity contribution in [1.82, 2.24) is 15.1 Å². The monoisotopic (exact) mass is 342 g/mol. The molecule has 1 aromatic rings. The van der Waals surface area contributed by atoms with Gasteiger partial charge in [-0.2, -0.15) is 5.10 Å². The standard InChI is InChI=1S/C14H22N4O6/c1-14(2,3)24-7-5-11(13(20)21)16-12(19)4-6-17-9-10(8-15-17)18(22)23/h8-9,11H,4-7H2,1-3H3,(H,16,19)(H,20,21). The summed E-state index contributed by atoms with van der Waals surface area (Å²) in [6, 6.07) is -1.05. The Bertz CT molecular complexity index is 592. The minimum Gasteiger partial charge on any atom is -0.480 e. The molecule has 1 heterocycles. The number of nitrogens with zero attached hydrogens (tertiary/aromatic N) is 3. The molecule has 0 aliphatic heterocycles. The van der Waals surface area contributed by atoms with Gasteiger partial charge in [-0.1, -0.05) is 0 Å². The molecule has 0 bridgehead atoms. The van der Waals surface area contributed by atoms with E-state index in [9.17, 15) is 19.7 Å². The van der Waals surface area contributed by atoms with Gasteiger partial charge in [-0.05, 0) is 20.8 Å². The summed E-state index contributed by atoms with van der Waals surface area (Å²) in [7, 11) is 0. The maximum atomic E-state index is 11.8. The highest BCUT2D eigenvalue weighted by molar-refractivity contribution is 5.83. The Morgan fingerprint density at radius 3 is 2.67 bits per heavy atom. The summed E-state index contributed by atoms with van der Waals surface area (Å²) in [5, 5.41) is 25.8. The van der Waals surface area contributed by atoms with Crippen LogP contribution >= 0.6 is 0 Å². The van der Waals surface area contributed by atoms with Crippen LogP contribution in [0, 0.1) is 10.1 Å². The zero-order valence-electron chi connectivity index (χ0n) is 13.9. The number of ether oxygens (including phenoxy) is 1. The van der Waals surface area contributed by atoms with Crippen LogP contribution in [-0.2, 0) is 20.9 Å². The van der Waals surface area contributed by atoms with Gasteiger partial charge in [-0.25, -0.2) is 4.79 Å². The van der Waals surface area contributed by atoms with E-state index in [-0.39, 0.29) is 37.3 Å². The predicted octanol–water partition coefficient (Wildman–Crippen LogP) is 0.956. The number of rotatable bonds is 9. The molecule has 0 aliphatic rings. The van der Waals surface area contributed by atoms with Crippen LogP contribution in [0.2, 0.25) is 0 Å². The molecule has 10 nitrogen and oxygen atoms in total. The maximum Gasteiger partial charge on any atom is 0.326 e. The summed E-state index contributed by atoms with van der Waals surface area (Å²) >= 11 is 0. The molecule has 0 spiro atoms. The quantitative estimate of drug-likeness (QED) is 0.503. The molecule has 1 aromatic heterocycles. The van der Waals surface area contributed by atoms with Crippen molar-refractivity contribution in [2.24, 2.45) is 0 Å². The zero-order valence-corrected chi connectivity index (χ0v) is 13.9. The second-order valence-corrected chi connectivity index (χ2v) is 6.18. The van der Waals surface area contributed by atoms with Crippen LogP contribution in [0.4, 0.5) is 5.69 Å². The minimum atomic E-state index is -1.14. The van der Waals surface area contributed by atoms with E-state index in [1.54, 1.807) is 0 Å². The van der Waals surface area contributed by atoms with Crippen molar-refractivity contribution in [3.05, 3.63) is 22.5 Å². The van der Waals surface area contributed by atoms with Crippen molar-refractivity contribution in [3.63, 3.8) is 0 Å². The Morgan fingerprint density at radius 1 is 1.50 bits per heavy atom. The fraction of sp³-hybridized carbons (Fsp3) is 0.643. The molecule has 0 aromatic carbocycles. The molecule has 1 atom stereocenters. The van der Waals surface area contributed by atoms with Gasteiger partial charge >= 0.3 is 11.7 Å². The molecular formula is C14H22N4O6. The summed E-state index contributed by atoms with van der Waals surface area (Å²) in [6.45, 7) is 5.87. The van der Waals surface area contributed by atoms with E-state index >= 15 is 0 Å². The molecule has 0 saturated heterocycles. The summed E-state index contributed by atoms with van der Waals surface area (Å²) in [5.41, 5.74) is -0.555. The van der Waals surface area contributed by atoms with Gasteiger partial charge < -0.3 is 15.2 Å². The molecule has 10 heteroatoms. The van der Waals surface area contributed by atoms with E-state index in [4.69, 9.17) is 9.84 Å². The van der Waals surface area contributed by atoms with Crippen molar-refractivity contribution in [2.75, 3.05) is 6.61 Å². The first kappa shape index (κ1) is 19.6. The average Bonchev–Trinajstić information content (AvgIpc) is 2.91. The summed E-state index contributed by atoms with van der Waals surface area (Å²) < 4.78 is 6.71. The van der Waals surface area contributed by atoms with Crippen LogP contribution < -0.4 is 5.32 Å². The van der Waals surface area contributed by atoms with Gasteiger partial charge in [0.2, 0.25) is 5.91 Å². The van der Waals surface area contributed by atoms with Crippen molar-refractivity contribution in [1.29, 1.82) is 0 Å². The number of nitrogens with one attached hydrogen (secondary N) is 1. The molecule has 1 unspecified atom stereocenters. The van der Waals surface area contributed by atoms with E-state index in [1.807, 2.05) is 20.8 Å². The van der Waals surface area contributed by atoms with Gasteiger partial charge in [0, 0.05) is 26.0 Å². The van der Waals surface area contributed by atoms with Gasteiger partial charge in [-0.15, -0.1) is 0 Å². The van der Waals surface area contributed by atoms with E-state index in [0.717, 1.165) is 6.20 Å². The molecule has 134 valence electrons. The lowest BCUT2D eigenvalue weighted by atomic mass is 10.1. The second-order valence-electron chi connectivity index (χ2n) is 6.18. The zero-order chi connectivity index (χ0) is 18.3. The Kier molecular flexibility index (Phi) is 6.83. The number of nitro groups is 1. The van der Waals surface area contributed by atoms with Crippen molar-refractivity contribution in [3.8, 4) is 0 Å². The fourth-order valence-electron chi connectivity index (χ4n) is 1.79. The third kappa shape index (κ3) is 7.18. The van der Waals surface area contributed by atoms with Gasteiger partial charge in [0.25, 0.3) is 0 Å². The molecule has 1 rings (SSSR count). The number of carboxylic acids is 1. The highest BCUT2D eigenvalue weighted by atomic mass is 16.6. The molecule has 0 saturated carbocycles. The number of carbonyl (C=O) groups excluding carboxylic acids is 1. The van der Waals surface area contributed by atoms with Gasteiger partial charge in [0.05, 0.1) is 10.5 Å². The predicted molar refractivity (Wildman–Crippen MR) is 83.4 cm³/mol. The maximum absolute atomic E-state index is 11.8. The SMILES string of the molecule is CC(C)(C)OCCC(NC(=O)CCn1cc([N+](=O)[O-])cn1)C(=O)O. The number of hydrogen-bond acceptors (Lipinski definition) is 6. The molecular weight excluding hydrogens is 320 g/mol. The topological polar surface area (TPSA) is 137 Å². The first-order chi connectivity index (χ1) is 11.1. The van der Waals surface area contributed by atoms with E-state index in [2.05, 4.69) is 10.4 Å². The van der Waals surface area contributed by atoms with Crippen LogP contribution in [-0.4, -0.2) is 49.9 Å². The van der Waals surface area contributed by atoms with E-state index < -0.39 is 22.8 Å². The van der Waals surface area contributed by atoms with E-state index in [0.29, 0.717) is 0 Å². The number of aromatic nitrogens is 2. The number of amides is 1. The van der Waals surface area contributed by atoms with Crippen LogP contribution in [0.25, 0.3) is 0 Å². The van der Waals surface area contributed by atoms with Crippen molar-refractivity contribution >= 4 is 17.6 Å². The van der Waals surface area contributed by atoms with E-state index in [1.165, 1.54) is 10.9 Å². The molecule has 0 radical (unpaired) electrons. The number of hydrogen-bond donors (Lipinski definition) is 2. The fourth-order valence-corrected chi connectivity index (χ4v) is 1.79. The highest BCUT2D eigenvalue weighted by Crippen LogP contribution is 2.09. The lowest BCUT2D eigenvalue weighted by Gasteiger charge is -2.21. The number of aryl methyl sites for hydroxylation is 1. The van der Waals surface area contributed by atoms with Crippen LogP contribution in [0.15, 0.2) is 12.4 Å². The number of carboxylic acid groups (broad SMARTS) is 1. The molecule has 24 heavy (non-hydrogen) atoms. The molecule has 0 fully saturated rings.